The largest absolute Gasteiger partial charge is 0.365 e. The molecule has 0 atom stereocenters. The molecule has 1 aromatic carbocycles. The molecular formula is C14H18N4O2S. The quantitative estimate of drug-likeness (QED) is 0.854. The first kappa shape index (κ1) is 15.2. The molecule has 6 nitrogen and oxygen atoms in total. The normalized spacial score (nSPS) is 11.1. The van der Waals surface area contributed by atoms with Gasteiger partial charge in [-0.15, -0.1) is 10.2 Å². The zero-order valence-corrected chi connectivity index (χ0v) is 12.8. The van der Waals surface area contributed by atoms with Crippen molar-refractivity contribution in [2.45, 2.75) is 20.4 Å². The molecule has 0 aliphatic carbocycles. The van der Waals surface area contributed by atoms with Crippen LogP contribution >= 0.6 is 0 Å². The van der Waals surface area contributed by atoms with Gasteiger partial charge in [-0.3, -0.25) is 4.72 Å². The van der Waals surface area contributed by atoms with Gasteiger partial charge in [0.15, 0.2) is 5.82 Å². The fourth-order valence-electron chi connectivity index (χ4n) is 1.61. The number of benzene rings is 1. The first-order valence-corrected chi connectivity index (χ1v) is 8.27. The van der Waals surface area contributed by atoms with Crippen LogP contribution in [0.1, 0.15) is 18.1 Å². The van der Waals surface area contributed by atoms with Crippen LogP contribution in [0, 0.1) is 6.92 Å². The topological polar surface area (TPSA) is 84.0 Å². The van der Waals surface area contributed by atoms with Crippen molar-refractivity contribution >= 4 is 21.7 Å². The number of sulfonamides is 1. The summed E-state index contributed by atoms with van der Waals surface area (Å²) < 4.78 is 25.1. The minimum atomic E-state index is -3.32. The number of aryl methyl sites for hydroxylation is 1. The highest BCUT2D eigenvalue weighted by Crippen LogP contribution is 2.10. The van der Waals surface area contributed by atoms with Gasteiger partial charge in [-0.1, -0.05) is 29.8 Å². The fourth-order valence-corrected chi connectivity index (χ4v) is 2.18. The van der Waals surface area contributed by atoms with Crippen molar-refractivity contribution in [3.8, 4) is 0 Å². The van der Waals surface area contributed by atoms with E-state index in [1.807, 2.05) is 31.2 Å². The number of hydrogen-bond acceptors (Lipinski definition) is 5. The van der Waals surface area contributed by atoms with Crippen LogP contribution in [0.3, 0.4) is 0 Å². The Morgan fingerprint density at radius 2 is 1.62 bits per heavy atom. The van der Waals surface area contributed by atoms with E-state index in [9.17, 15) is 8.42 Å². The smallest absolute Gasteiger partial charge is 0.233 e. The summed E-state index contributed by atoms with van der Waals surface area (Å²) in [6.07, 6.45) is 0. The Hall–Kier alpha value is -2.15. The predicted octanol–water partition coefficient (Wildman–Crippen LogP) is 2.16. The van der Waals surface area contributed by atoms with Crippen molar-refractivity contribution in [3.63, 3.8) is 0 Å². The third-order valence-corrected chi connectivity index (χ3v) is 4.18. The second-order valence-corrected chi connectivity index (χ2v) is 6.66. The van der Waals surface area contributed by atoms with E-state index >= 15 is 0 Å². The molecule has 0 spiro atoms. The van der Waals surface area contributed by atoms with Crippen LogP contribution in [0.15, 0.2) is 36.4 Å². The summed E-state index contributed by atoms with van der Waals surface area (Å²) in [5.41, 5.74) is 2.35. The molecule has 1 aromatic heterocycles. The van der Waals surface area contributed by atoms with Crippen LogP contribution in [0.25, 0.3) is 0 Å². The molecule has 0 saturated heterocycles. The Bertz CT molecular complexity index is 682. The lowest BCUT2D eigenvalue weighted by molar-refractivity contribution is 0.602. The standard InChI is InChI=1S/C14H18N4O2S/c1-3-21(19,20)18-14-9-8-13(16-17-14)15-10-12-6-4-11(2)5-7-12/h4-9H,3,10H2,1-2H3,(H,15,16)(H,17,18). The van der Waals surface area contributed by atoms with Gasteiger partial charge in [-0.05, 0) is 31.5 Å². The van der Waals surface area contributed by atoms with E-state index in [0.717, 1.165) is 5.56 Å². The number of nitrogens with zero attached hydrogens (tertiary/aromatic N) is 2. The van der Waals surface area contributed by atoms with Crippen LogP contribution in [0.4, 0.5) is 11.6 Å². The highest BCUT2D eigenvalue weighted by Gasteiger charge is 2.07. The molecule has 2 rings (SSSR count). The third-order valence-electron chi connectivity index (χ3n) is 2.90. The van der Waals surface area contributed by atoms with Gasteiger partial charge in [0, 0.05) is 6.54 Å². The molecule has 1 heterocycles. The van der Waals surface area contributed by atoms with Gasteiger partial charge in [0.2, 0.25) is 10.0 Å². The van der Waals surface area contributed by atoms with E-state index in [0.29, 0.717) is 12.4 Å². The minimum absolute atomic E-state index is 0.00209. The van der Waals surface area contributed by atoms with E-state index in [2.05, 4.69) is 20.2 Å². The van der Waals surface area contributed by atoms with Crippen LogP contribution in [-0.4, -0.2) is 24.4 Å². The van der Waals surface area contributed by atoms with Crippen molar-refractivity contribution in [2.75, 3.05) is 15.8 Å². The molecule has 2 aromatic rings. The number of nitrogens with one attached hydrogen (secondary N) is 2. The molecule has 0 aliphatic heterocycles. The van der Waals surface area contributed by atoms with Crippen LogP contribution in [0.5, 0.6) is 0 Å². The monoisotopic (exact) mass is 306 g/mol. The molecule has 21 heavy (non-hydrogen) atoms. The Morgan fingerprint density at radius 3 is 2.19 bits per heavy atom. The van der Waals surface area contributed by atoms with Crippen molar-refractivity contribution in [1.29, 1.82) is 0 Å². The average Bonchev–Trinajstić information content (AvgIpc) is 2.48. The number of rotatable bonds is 6. The van der Waals surface area contributed by atoms with Gasteiger partial charge in [0.05, 0.1) is 5.75 Å². The molecule has 0 amide bonds. The second kappa shape index (κ2) is 6.53. The second-order valence-electron chi connectivity index (χ2n) is 4.65. The molecule has 0 fully saturated rings. The van der Waals surface area contributed by atoms with Gasteiger partial charge < -0.3 is 5.32 Å². The van der Waals surface area contributed by atoms with Gasteiger partial charge in [0.1, 0.15) is 5.82 Å². The maximum atomic E-state index is 11.4. The van der Waals surface area contributed by atoms with Crippen LogP contribution < -0.4 is 10.0 Å². The Labute approximate surface area is 124 Å². The molecule has 0 unspecified atom stereocenters. The lowest BCUT2D eigenvalue weighted by Gasteiger charge is -2.07. The van der Waals surface area contributed by atoms with Crippen molar-refractivity contribution in [3.05, 3.63) is 47.5 Å². The Morgan fingerprint density at radius 1 is 1.00 bits per heavy atom. The van der Waals surface area contributed by atoms with Crippen LogP contribution in [0.2, 0.25) is 0 Å². The molecule has 0 bridgehead atoms. The first-order chi connectivity index (χ1) is 9.98. The van der Waals surface area contributed by atoms with Crippen molar-refractivity contribution in [2.24, 2.45) is 0 Å². The maximum absolute atomic E-state index is 11.4. The van der Waals surface area contributed by atoms with Gasteiger partial charge in [-0.2, -0.15) is 0 Å². The van der Waals surface area contributed by atoms with Crippen molar-refractivity contribution in [1.82, 2.24) is 10.2 Å². The summed E-state index contributed by atoms with van der Waals surface area (Å²) in [5.74, 6) is 0.815. The summed E-state index contributed by atoms with van der Waals surface area (Å²) in [4.78, 5) is 0. The Kier molecular flexibility index (Phi) is 4.74. The lowest BCUT2D eigenvalue weighted by atomic mass is 10.1. The van der Waals surface area contributed by atoms with E-state index in [1.54, 1.807) is 19.1 Å². The van der Waals surface area contributed by atoms with Crippen molar-refractivity contribution < 1.29 is 8.42 Å². The molecule has 2 N–H and O–H groups in total. The Balaban J connectivity index is 1.95. The lowest BCUT2D eigenvalue weighted by Crippen LogP contribution is -2.16. The predicted molar refractivity (Wildman–Crippen MR) is 83.6 cm³/mol. The van der Waals surface area contributed by atoms with E-state index in [-0.39, 0.29) is 11.6 Å². The summed E-state index contributed by atoms with van der Waals surface area (Å²) >= 11 is 0. The molecule has 0 radical (unpaired) electrons. The van der Waals surface area contributed by atoms with Gasteiger partial charge >= 0.3 is 0 Å². The summed E-state index contributed by atoms with van der Waals surface area (Å²) in [5, 5.41) is 10.9. The first-order valence-electron chi connectivity index (χ1n) is 6.62. The highest BCUT2D eigenvalue weighted by molar-refractivity contribution is 7.92. The molecule has 0 saturated carbocycles. The van der Waals surface area contributed by atoms with Gasteiger partial charge in [0.25, 0.3) is 0 Å². The van der Waals surface area contributed by atoms with Gasteiger partial charge in [-0.25, -0.2) is 8.42 Å². The summed E-state index contributed by atoms with van der Waals surface area (Å²) in [6.45, 7) is 4.24. The molecular weight excluding hydrogens is 288 g/mol. The van der Waals surface area contributed by atoms with Crippen LogP contribution in [-0.2, 0) is 16.6 Å². The zero-order valence-electron chi connectivity index (χ0n) is 12.0. The number of anilines is 2. The average molecular weight is 306 g/mol. The highest BCUT2D eigenvalue weighted by atomic mass is 32.2. The third kappa shape index (κ3) is 4.71. The number of aromatic nitrogens is 2. The molecule has 7 heteroatoms. The van der Waals surface area contributed by atoms with E-state index < -0.39 is 10.0 Å². The maximum Gasteiger partial charge on any atom is 0.233 e. The molecule has 0 aliphatic rings. The fraction of sp³-hybridized carbons (Fsp3) is 0.286. The molecule has 112 valence electrons. The zero-order chi connectivity index (χ0) is 15.3. The van der Waals surface area contributed by atoms with E-state index in [1.165, 1.54) is 5.56 Å². The summed E-state index contributed by atoms with van der Waals surface area (Å²) in [6, 6.07) is 11.4. The number of hydrogen-bond donors (Lipinski definition) is 2. The van der Waals surface area contributed by atoms with E-state index in [4.69, 9.17) is 0 Å². The minimum Gasteiger partial charge on any atom is -0.365 e. The SMILES string of the molecule is CCS(=O)(=O)Nc1ccc(NCc2ccc(C)cc2)nn1. The summed E-state index contributed by atoms with van der Waals surface area (Å²) in [7, 11) is -3.32.